The highest BCUT2D eigenvalue weighted by atomic mass is 16.2. The molecule has 2 N–H and O–H groups in total. The maximum atomic E-state index is 12.5. The van der Waals surface area contributed by atoms with Gasteiger partial charge < -0.3 is 14.5 Å². The van der Waals surface area contributed by atoms with Crippen LogP contribution in [0.4, 0.5) is 0 Å². The molecule has 0 aliphatic carbocycles. The monoisotopic (exact) mass is 378 g/mol. The normalized spacial score (nSPS) is 12.4. The molecule has 1 aromatic carbocycles. The van der Waals surface area contributed by atoms with E-state index in [-0.39, 0.29) is 11.9 Å². The highest BCUT2D eigenvalue weighted by Crippen LogP contribution is 2.19. The van der Waals surface area contributed by atoms with Gasteiger partial charge >= 0.3 is 0 Å². The Kier molecular flexibility index (Phi) is 4.42. The maximum Gasteiger partial charge on any atom is 0.272 e. The van der Waals surface area contributed by atoms with Crippen molar-refractivity contribution in [2.45, 2.75) is 33.4 Å². The van der Waals surface area contributed by atoms with Gasteiger partial charge in [-0.15, -0.1) is 10.2 Å². The summed E-state index contributed by atoms with van der Waals surface area (Å²) in [7, 11) is 1.84. The number of carbonyl (C=O) groups is 1. The van der Waals surface area contributed by atoms with E-state index in [1.807, 2.05) is 18.5 Å². The predicted molar refractivity (Wildman–Crippen MR) is 104 cm³/mol. The first-order valence-corrected chi connectivity index (χ1v) is 9.03. The number of hydrogen-bond donors (Lipinski definition) is 2. The standard InChI is InChI=1S/C19H22N8O/c1-11-5-15-17(6-12(11)2)27(9-20-15)8-14-7-16(24-23-14)19(28)22-13(3)18-25-21-10-26(18)4/h5-7,9-10,13H,8H2,1-4H3,(H,22,28)(H,23,24)/t13-/m1/s1. The second-order valence-electron chi connectivity index (χ2n) is 7.07. The zero-order valence-corrected chi connectivity index (χ0v) is 16.3. The third-order valence-corrected chi connectivity index (χ3v) is 4.92. The van der Waals surface area contributed by atoms with Crippen LogP contribution in [0, 0.1) is 13.8 Å². The number of aromatic nitrogens is 7. The number of aryl methyl sites for hydroxylation is 3. The van der Waals surface area contributed by atoms with E-state index in [0.717, 1.165) is 16.7 Å². The average Bonchev–Trinajstić information content (AvgIpc) is 3.37. The molecule has 0 unspecified atom stereocenters. The van der Waals surface area contributed by atoms with Crippen LogP contribution in [0.5, 0.6) is 0 Å². The molecule has 28 heavy (non-hydrogen) atoms. The number of nitrogens with zero attached hydrogens (tertiary/aromatic N) is 6. The molecule has 0 aliphatic heterocycles. The molecule has 9 nitrogen and oxygen atoms in total. The minimum absolute atomic E-state index is 0.264. The van der Waals surface area contributed by atoms with Crippen LogP contribution in [0.25, 0.3) is 11.0 Å². The summed E-state index contributed by atoms with van der Waals surface area (Å²) in [6.45, 7) is 6.58. The lowest BCUT2D eigenvalue weighted by Gasteiger charge is -2.11. The van der Waals surface area contributed by atoms with Gasteiger partial charge in [-0.3, -0.25) is 9.89 Å². The van der Waals surface area contributed by atoms with Crippen molar-refractivity contribution < 1.29 is 4.79 Å². The van der Waals surface area contributed by atoms with Crippen LogP contribution in [0.1, 0.15) is 46.1 Å². The van der Waals surface area contributed by atoms with E-state index < -0.39 is 0 Å². The van der Waals surface area contributed by atoms with E-state index in [2.05, 4.69) is 56.7 Å². The molecule has 4 aromatic rings. The topological polar surface area (TPSA) is 106 Å². The molecular weight excluding hydrogens is 356 g/mol. The summed E-state index contributed by atoms with van der Waals surface area (Å²) in [6.07, 6.45) is 3.41. The predicted octanol–water partition coefficient (Wildman–Crippen LogP) is 2.04. The molecule has 0 saturated carbocycles. The smallest absolute Gasteiger partial charge is 0.272 e. The van der Waals surface area contributed by atoms with E-state index in [1.165, 1.54) is 11.1 Å². The van der Waals surface area contributed by atoms with E-state index in [9.17, 15) is 4.79 Å². The zero-order valence-electron chi connectivity index (χ0n) is 16.3. The van der Waals surface area contributed by atoms with Gasteiger partial charge in [0, 0.05) is 7.05 Å². The number of nitrogens with one attached hydrogen (secondary N) is 2. The van der Waals surface area contributed by atoms with Gasteiger partial charge in [0.05, 0.1) is 35.6 Å². The van der Waals surface area contributed by atoms with Crippen molar-refractivity contribution in [1.82, 2.24) is 39.8 Å². The summed E-state index contributed by atoms with van der Waals surface area (Å²) in [6, 6.07) is 5.69. The summed E-state index contributed by atoms with van der Waals surface area (Å²) in [5.41, 5.74) is 5.61. The number of imidazole rings is 1. The fraction of sp³-hybridized carbons (Fsp3) is 0.316. The number of H-pyrrole nitrogens is 1. The van der Waals surface area contributed by atoms with Crippen LogP contribution in [0.2, 0.25) is 0 Å². The third kappa shape index (κ3) is 3.26. The van der Waals surface area contributed by atoms with Crippen molar-refractivity contribution in [2.24, 2.45) is 7.05 Å². The molecule has 0 spiro atoms. The first kappa shape index (κ1) is 17.9. The van der Waals surface area contributed by atoms with Gasteiger partial charge in [0.15, 0.2) is 5.82 Å². The molecule has 4 rings (SSSR count). The van der Waals surface area contributed by atoms with Gasteiger partial charge in [0.1, 0.15) is 12.0 Å². The van der Waals surface area contributed by atoms with Crippen LogP contribution in [0.15, 0.2) is 30.9 Å². The Labute approximate surface area is 161 Å². The number of hydrogen-bond acceptors (Lipinski definition) is 5. The molecular formula is C19H22N8O. The molecule has 3 aromatic heterocycles. The van der Waals surface area contributed by atoms with Gasteiger partial charge in [-0.25, -0.2) is 4.98 Å². The Morgan fingerprint density at radius 2 is 2.00 bits per heavy atom. The van der Waals surface area contributed by atoms with Crippen LogP contribution in [-0.4, -0.2) is 40.4 Å². The fourth-order valence-corrected chi connectivity index (χ4v) is 3.20. The van der Waals surface area contributed by atoms with Crippen LogP contribution in [-0.2, 0) is 13.6 Å². The highest BCUT2D eigenvalue weighted by Gasteiger charge is 2.18. The van der Waals surface area contributed by atoms with E-state index in [4.69, 9.17) is 0 Å². The molecule has 1 amide bonds. The van der Waals surface area contributed by atoms with E-state index in [0.29, 0.717) is 18.1 Å². The lowest BCUT2D eigenvalue weighted by atomic mass is 10.1. The average molecular weight is 378 g/mol. The number of carbonyl (C=O) groups excluding carboxylic acids is 1. The van der Waals surface area contributed by atoms with Gasteiger partial charge in [0.2, 0.25) is 0 Å². The third-order valence-electron chi connectivity index (χ3n) is 4.92. The molecule has 3 heterocycles. The van der Waals surface area contributed by atoms with Crippen LogP contribution < -0.4 is 5.32 Å². The van der Waals surface area contributed by atoms with Gasteiger partial charge in [-0.1, -0.05) is 0 Å². The minimum Gasteiger partial charge on any atom is -0.341 e. The number of fused-ring (bicyclic) bond motifs is 1. The molecule has 0 fully saturated rings. The molecule has 0 radical (unpaired) electrons. The Hall–Kier alpha value is -3.49. The van der Waals surface area contributed by atoms with Gasteiger partial charge in [-0.05, 0) is 50.1 Å². The summed E-state index contributed by atoms with van der Waals surface area (Å²) >= 11 is 0. The zero-order chi connectivity index (χ0) is 19.8. The number of rotatable bonds is 5. The quantitative estimate of drug-likeness (QED) is 0.553. The molecule has 0 bridgehead atoms. The van der Waals surface area contributed by atoms with Crippen molar-refractivity contribution in [2.75, 3.05) is 0 Å². The second kappa shape index (κ2) is 6.91. The van der Waals surface area contributed by atoms with Gasteiger partial charge in [0.25, 0.3) is 5.91 Å². The molecule has 0 aliphatic rings. The number of benzene rings is 1. The summed E-state index contributed by atoms with van der Waals surface area (Å²) in [5.74, 6) is 0.416. The fourth-order valence-electron chi connectivity index (χ4n) is 3.20. The van der Waals surface area contributed by atoms with Crippen molar-refractivity contribution >= 4 is 16.9 Å². The number of aromatic amines is 1. The molecule has 9 heteroatoms. The Balaban J connectivity index is 1.49. The van der Waals surface area contributed by atoms with Crippen molar-refractivity contribution in [3.63, 3.8) is 0 Å². The SMILES string of the molecule is Cc1cc2ncn(Cc3cc(C(=O)N[C@H](C)c4nncn4C)n[nH]3)c2cc1C. The lowest BCUT2D eigenvalue weighted by molar-refractivity contribution is 0.0932. The van der Waals surface area contributed by atoms with Gasteiger partial charge in [-0.2, -0.15) is 5.10 Å². The Bertz CT molecular complexity index is 1150. The van der Waals surface area contributed by atoms with E-state index in [1.54, 1.807) is 23.3 Å². The van der Waals surface area contributed by atoms with Crippen LogP contribution in [0.3, 0.4) is 0 Å². The summed E-state index contributed by atoms with van der Waals surface area (Å²) in [4.78, 5) is 17.0. The molecule has 1 atom stereocenters. The largest absolute Gasteiger partial charge is 0.341 e. The Morgan fingerprint density at radius 1 is 1.21 bits per heavy atom. The van der Waals surface area contributed by atoms with E-state index >= 15 is 0 Å². The second-order valence-corrected chi connectivity index (χ2v) is 7.07. The molecule has 0 saturated heterocycles. The first-order valence-electron chi connectivity index (χ1n) is 9.03. The number of amides is 1. The maximum absolute atomic E-state index is 12.5. The highest BCUT2D eigenvalue weighted by molar-refractivity contribution is 5.92. The van der Waals surface area contributed by atoms with Crippen molar-refractivity contribution in [1.29, 1.82) is 0 Å². The lowest BCUT2D eigenvalue weighted by Crippen LogP contribution is -2.28. The minimum atomic E-state index is -0.274. The van der Waals surface area contributed by atoms with Crippen molar-refractivity contribution in [3.8, 4) is 0 Å². The molecule has 144 valence electrons. The Morgan fingerprint density at radius 3 is 2.75 bits per heavy atom. The van der Waals surface area contributed by atoms with Crippen LogP contribution >= 0.6 is 0 Å². The first-order chi connectivity index (χ1) is 13.4. The van der Waals surface area contributed by atoms with Crippen molar-refractivity contribution in [3.05, 3.63) is 59.2 Å². The summed E-state index contributed by atoms with van der Waals surface area (Å²) < 4.78 is 3.81. The summed E-state index contributed by atoms with van der Waals surface area (Å²) in [5, 5.41) is 17.8.